The zero-order chi connectivity index (χ0) is 8.27. The molecule has 0 aromatic carbocycles. The van der Waals surface area contributed by atoms with Gasteiger partial charge in [-0.15, -0.1) is 0 Å². The first kappa shape index (κ1) is 8.83. The second kappa shape index (κ2) is 3.94. The van der Waals surface area contributed by atoms with Gasteiger partial charge in [0.05, 0.1) is 0 Å². The molecule has 2 atom stereocenters. The fourth-order valence-electron chi connectivity index (χ4n) is 2.30. The molecule has 0 radical (unpaired) electrons. The SMILES string of the molecule is CCC=C(C)C1CCC[C@H]1C. The van der Waals surface area contributed by atoms with Crippen molar-refractivity contribution < 1.29 is 0 Å². The van der Waals surface area contributed by atoms with Crippen molar-refractivity contribution in [3.8, 4) is 0 Å². The van der Waals surface area contributed by atoms with Gasteiger partial charge >= 0.3 is 0 Å². The molecule has 0 amide bonds. The molecule has 1 fully saturated rings. The Bertz CT molecular complexity index is 144. The van der Waals surface area contributed by atoms with Crippen LogP contribution in [0.2, 0.25) is 0 Å². The lowest BCUT2D eigenvalue weighted by Crippen LogP contribution is -2.04. The summed E-state index contributed by atoms with van der Waals surface area (Å²) in [6.45, 7) is 6.92. The third-order valence-electron chi connectivity index (χ3n) is 2.97. The summed E-state index contributed by atoms with van der Waals surface area (Å²) < 4.78 is 0. The fraction of sp³-hybridized carbons (Fsp3) is 0.818. The maximum absolute atomic E-state index is 2.40. The molecule has 0 aromatic heterocycles. The van der Waals surface area contributed by atoms with E-state index < -0.39 is 0 Å². The predicted molar refractivity (Wildman–Crippen MR) is 50.6 cm³/mol. The molecule has 1 rings (SSSR count). The van der Waals surface area contributed by atoms with Gasteiger partial charge < -0.3 is 0 Å². The van der Waals surface area contributed by atoms with Gasteiger partial charge in [-0.25, -0.2) is 0 Å². The van der Waals surface area contributed by atoms with E-state index in [0.29, 0.717) is 0 Å². The van der Waals surface area contributed by atoms with Crippen molar-refractivity contribution in [2.24, 2.45) is 11.8 Å². The first-order valence-electron chi connectivity index (χ1n) is 4.92. The zero-order valence-corrected chi connectivity index (χ0v) is 8.06. The molecule has 64 valence electrons. The summed E-state index contributed by atoms with van der Waals surface area (Å²) in [6, 6.07) is 0. The smallest absolute Gasteiger partial charge is 0.0180 e. The van der Waals surface area contributed by atoms with E-state index in [1.165, 1.54) is 25.7 Å². The predicted octanol–water partition coefficient (Wildman–Crippen LogP) is 3.78. The molecule has 0 aromatic rings. The minimum Gasteiger partial charge on any atom is -0.0856 e. The third-order valence-corrected chi connectivity index (χ3v) is 2.97. The van der Waals surface area contributed by atoms with E-state index in [4.69, 9.17) is 0 Å². The highest BCUT2D eigenvalue weighted by molar-refractivity contribution is 5.06. The van der Waals surface area contributed by atoms with Gasteiger partial charge in [0.2, 0.25) is 0 Å². The van der Waals surface area contributed by atoms with Crippen LogP contribution in [0.3, 0.4) is 0 Å². The Hall–Kier alpha value is -0.260. The maximum atomic E-state index is 2.40. The number of hydrogen-bond donors (Lipinski definition) is 0. The molecule has 11 heavy (non-hydrogen) atoms. The van der Waals surface area contributed by atoms with Crippen molar-refractivity contribution in [1.29, 1.82) is 0 Å². The van der Waals surface area contributed by atoms with E-state index in [1.807, 2.05) is 0 Å². The lowest BCUT2D eigenvalue weighted by atomic mass is 9.90. The van der Waals surface area contributed by atoms with E-state index in [-0.39, 0.29) is 0 Å². The standard InChI is InChI=1S/C11H20/c1-4-6-9(2)11-8-5-7-10(11)3/h6,10-11H,4-5,7-8H2,1-3H3/t10-,11?/m1/s1. The van der Waals surface area contributed by atoms with E-state index in [0.717, 1.165) is 11.8 Å². The first-order valence-corrected chi connectivity index (χ1v) is 4.92. The van der Waals surface area contributed by atoms with Crippen molar-refractivity contribution in [3.05, 3.63) is 11.6 Å². The highest BCUT2D eigenvalue weighted by atomic mass is 14.3. The Morgan fingerprint density at radius 3 is 2.64 bits per heavy atom. The van der Waals surface area contributed by atoms with Crippen LogP contribution in [0, 0.1) is 11.8 Å². The van der Waals surface area contributed by atoms with Gasteiger partial charge in [0.15, 0.2) is 0 Å². The van der Waals surface area contributed by atoms with Crippen LogP contribution in [0.4, 0.5) is 0 Å². The van der Waals surface area contributed by atoms with E-state index in [9.17, 15) is 0 Å². The van der Waals surface area contributed by atoms with Gasteiger partial charge in [0.25, 0.3) is 0 Å². The van der Waals surface area contributed by atoms with Gasteiger partial charge in [-0.3, -0.25) is 0 Å². The second-order valence-corrected chi connectivity index (χ2v) is 3.87. The lowest BCUT2D eigenvalue weighted by molar-refractivity contribution is 0.478. The number of hydrogen-bond acceptors (Lipinski definition) is 0. The number of allylic oxidation sites excluding steroid dienone is 2. The molecule has 0 heteroatoms. The van der Waals surface area contributed by atoms with Gasteiger partial charge in [-0.1, -0.05) is 38.3 Å². The van der Waals surface area contributed by atoms with Gasteiger partial charge in [-0.05, 0) is 31.6 Å². The van der Waals surface area contributed by atoms with Crippen LogP contribution in [0.1, 0.15) is 46.5 Å². The average molecular weight is 152 g/mol. The molecule has 1 saturated carbocycles. The third kappa shape index (κ3) is 2.08. The molecule has 0 bridgehead atoms. The van der Waals surface area contributed by atoms with E-state index >= 15 is 0 Å². The highest BCUT2D eigenvalue weighted by Crippen LogP contribution is 2.36. The molecule has 0 spiro atoms. The van der Waals surface area contributed by atoms with Crippen LogP contribution in [0.25, 0.3) is 0 Å². The quantitative estimate of drug-likeness (QED) is 0.528. The minimum absolute atomic E-state index is 0.912. The molecule has 0 saturated heterocycles. The maximum Gasteiger partial charge on any atom is -0.0180 e. The molecule has 1 aliphatic rings. The molecule has 0 heterocycles. The Balaban J connectivity index is 2.52. The minimum atomic E-state index is 0.912. The molecular weight excluding hydrogens is 132 g/mol. The second-order valence-electron chi connectivity index (χ2n) is 3.87. The first-order chi connectivity index (χ1) is 5.25. The Morgan fingerprint density at radius 1 is 1.45 bits per heavy atom. The van der Waals surface area contributed by atoms with Crippen molar-refractivity contribution in [3.63, 3.8) is 0 Å². The Labute approximate surface area is 70.7 Å². The Morgan fingerprint density at radius 2 is 2.18 bits per heavy atom. The van der Waals surface area contributed by atoms with Gasteiger partial charge in [-0.2, -0.15) is 0 Å². The van der Waals surface area contributed by atoms with Crippen molar-refractivity contribution >= 4 is 0 Å². The molecule has 1 aliphatic carbocycles. The summed E-state index contributed by atoms with van der Waals surface area (Å²) in [5.41, 5.74) is 1.64. The van der Waals surface area contributed by atoms with E-state index in [2.05, 4.69) is 26.8 Å². The van der Waals surface area contributed by atoms with Gasteiger partial charge in [0, 0.05) is 0 Å². The van der Waals surface area contributed by atoms with Gasteiger partial charge in [0.1, 0.15) is 0 Å². The van der Waals surface area contributed by atoms with Crippen molar-refractivity contribution in [1.82, 2.24) is 0 Å². The van der Waals surface area contributed by atoms with Crippen LogP contribution in [-0.2, 0) is 0 Å². The molecule has 0 nitrogen and oxygen atoms in total. The van der Waals surface area contributed by atoms with Crippen LogP contribution >= 0.6 is 0 Å². The summed E-state index contributed by atoms with van der Waals surface area (Å²) >= 11 is 0. The lowest BCUT2D eigenvalue weighted by Gasteiger charge is -2.15. The Kier molecular flexibility index (Phi) is 3.16. The summed E-state index contributed by atoms with van der Waals surface area (Å²) in [5, 5.41) is 0. The normalized spacial score (nSPS) is 32.8. The summed E-state index contributed by atoms with van der Waals surface area (Å²) in [6.07, 6.45) is 7.92. The van der Waals surface area contributed by atoms with Crippen LogP contribution in [-0.4, -0.2) is 0 Å². The molecule has 0 N–H and O–H groups in total. The van der Waals surface area contributed by atoms with Crippen LogP contribution in [0.5, 0.6) is 0 Å². The topological polar surface area (TPSA) is 0 Å². The average Bonchev–Trinajstić information content (AvgIpc) is 2.36. The van der Waals surface area contributed by atoms with Crippen molar-refractivity contribution in [2.75, 3.05) is 0 Å². The van der Waals surface area contributed by atoms with Crippen molar-refractivity contribution in [2.45, 2.75) is 46.5 Å². The summed E-state index contributed by atoms with van der Waals surface area (Å²) in [5.74, 6) is 1.85. The summed E-state index contributed by atoms with van der Waals surface area (Å²) in [4.78, 5) is 0. The zero-order valence-electron chi connectivity index (χ0n) is 8.06. The highest BCUT2D eigenvalue weighted by Gasteiger charge is 2.23. The monoisotopic (exact) mass is 152 g/mol. The van der Waals surface area contributed by atoms with Crippen LogP contribution < -0.4 is 0 Å². The van der Waals surface area contributed by atoms with E-state index in [1.54, 1.807) is 5.57 Å². The molecular formula is C11H20. The fourth-order valence-corrected chi connectivity index (χ4v) is 2.30. The largest absolute Gasteiger partial charge is 0.0856 e. The summed E-state index contributed by atoms with van der Waals surface area (Å²) in [7, 11) is 0. The molecule has 1 unspecified atom stereocenters. The number of rotatable bonds is 2. The van der Waals surface area contributed by atoms with Crippen LogP contribution in [0.15, 0.2) is 11.6 Å². The molecule has 0 aliphatic heterocycles.